The van der Waals surface area contributed by atoms with Crippen LogP contribution in [-0.4, -0.2) is 46.9 Å². The molecule has 1 aromatic heterocycles. The standard InChI is InChI=1S/C23H25N3OS/c1-17-12-18(2)14-20(13-17)23(27)26-10-8-25(9-11-26)15-21-16-28-22(24-21)19-6-4-3-5-7-19/h3-7,12-14,16H,8-11,15H2,1-2H3. The molecule has 4 nitrogen and oxygen atoms in total. The quantitative estimate of drug-likeness (QED) is 0.662. The molecule has 0 unspecified atom stereocenters. The van der Waals surface area contributed by atoms with Gasteiger partial charge in [-0.1, -0.05) is 47.5 Å². The maximum atomic E-state index is 12.8. The highest BCUT2D eigenvalue weighted by Gasteiger charge is 2.23. The van der Waals surface area contributed by atoms with Gasteiger partial charge in [0.25, 0.3) is 5.91 Å². The van der Waals surface area contributed by atoms with E-state index in [0.29, 0.717) is 0 Å². The van der Waals surface area contributed by atoms with E-state index >= 15 is 0 Å². The van der Waals surface area contributed by atoms with Gasteiger partial charge < -0.3 is 4.90 Å². The fourth-order valence-corrected chi connectivity index (χ4v) is 4.53. The van der Waals surface area contributed by atoms with Gasteiger partial charge in [0, 0.05) is 49.2 Å². The third kappa shape index (κ3) is 4.32. The largest absolute Gasteiger partial charge is 0.336 e. The van der Waals surface area contributed by atoms with Crippen molar-refractivity contribution in [3.05, 3.63) is 76.3 Å². The highest BCUT2D eigenvalue weighted by atomic mass is 32.1. The minimum absolute atomic E-state index is 0.145. The van der Waals surface area contributed by atoms with Gasteiger partial charge in [0.2, 0.25) is 0 Å². The maximum Gasteiger partial charge on any atom is 0.253 e. The molecule has 1 amide bonds. The number of piperazine rings is 1. The second-order valence-electron chi connectivity index (χ2n) is 7.45. The van der Waals surface area contributed by atoms with Crippen molar-refractivity contribution in [2.75, 3.05) is 26.2 Å². The number of aryl methyl sites for hydroxylation is 2. The summed E-state index contributed by atoms with van der Waals surface area (Å²) in [4.78, 5) is 22.0. The van der Waals surface area contributed by atoms with Gasteiger partial charge in [0.1, 0.15) is 5.01 Å². The summed E-state index contributed by atoms with van der Waals surface area (Å²) in [7, 11) is 0. The Hall–Kier alpha value is -2.50. The lowest BCUT2D eigenvalue weighted by molar-refractivity contribution is 0.0627. The fraction of sp³-hybridized carbons (Fsp3) is 0.304. The number of hydrogen-bond donors (Lipinski definition) is 0. The highest BCUT2D eigenvalue weighted by Crippen LogP contribution is 2.24. The molecular formula is C23H25N3OS. The van der Waals surface area contributed by atoms with Crippen molar-refractivity contribution in [1.29, 1.82) is 0 Å². The van der Waals surface area contributed by atoms with E-state index in [-0.39, 0.29) is 5.91 Å². The third-order valence-electron chi connectivity index (χ3n) is 5.09. The number of rotatable bonds is 4. The molecule has 0 N–H and O–H groups in total. The van der Waals surface area contributed by atoms with E-state index < -0.39 is 0 Å². The Labute approximate surface area is 170 Å². The zero-order valence-corrected chi connectivity index (χ0v) is 17.2. The van der Waals surface area contributed by atoms with Gasteiger partial charge in [0.15, 0.2) is 0 Å². The second kappa shape index (κ2) is 8.25. The van der Waals surface area contributed by atoms with Gasteiger partial charge in [-0.3, -0.25) is 9.69 Å². The summed E-state index contributed by atoms with van der Waals surface area (Å²) in [5.41, 5.74) is 5.36. The second-order valence-corrected chi connectivity index (χ2v) is 8.31. The van der Waals surface area contributed by atoms with Crippen molar-refractivity contribution >= 4 is 17.2 Å². The summed E-state index contributed by atoms with van der Waals surface area (Å²) < 4.78 is 0. The molecule has 1 fully saturated rings. The van der Waals surface area contributed by atoms with Crippen LogP contribution in [0.15, 0.2) is 53.9 Å². The zero-order chi connectivity index (χ0) is 19.5. The molecule has 0 saturated carbocycles. The van der Waals surface area contributed by atoms with Crippen LogP contribution in [0, 0.1) is 13.8 Å². The molecule has 1 aliphatic heterocycles. The van der Waals surface area contributed by atoms with Crippen molar-refractivity contribution in [2.45, 2.75) is 20.4 Å². The van der Waals surface area contributed by atoms with E-state index in [9.17, 15) is 4.79 Å². The Morgan fingerprint density at radius 1 is 1.00 bits per heavy atom. The van der Waals surface area contributed by atoms with Crippen molar-refractivity contribution in [1.82, 2.24) is 14.8 Å². The van der Waals surface area contributed by atoms with Crippen LogP contribution in [0.5, 0.6) is 0 Å². The molecule has 144 valence electrons. The predicted octanol–water partition coefficient (Wildman–Crippen LogP) is 4.38. The average Bonchev–Trinajstić information content (AvgIpc) is 3.16. The minimum Gasteiger partial charge on any atom is -0.336 e. The number of carbonyl (C=O) groups is 1. The van der Waals surface area contributed by atoms with Crippen LogP contribution < -0.4 is 0 Å². The first kappa shape index (κ1) is 18.8. The van der Waals surface area contributed by atoms with Gasteiger partial charge in [-0.05, 0) is 26.0 Å². The van der Waals surface area contributed by atoms with Gasteiger partial charge in [-0.25, -0.2) is 4.98 Å². The maximum absolute atomic E-state index is 12.8. The molecule has 0 radical (unpaired) electrons. The molecule has 0 bridgehead atoms. The van der Waals surface area contributed by atoms with Crippen LogP contribution in [0.4, 0.5) is 0 Å². The van der Waals surface area contributed by atoms with Crippen molar-refractivity contribution in [3.63, 3.8) is 0 Å². The molecule has 4 rings (SSSR count). The van der Waals surface area contributed by atoms with Crippen LogP contribution in [0.2, 0.25) is 0 Å². The van der Waals surface area contributed by atoms with Crippen LogP contribution in [-0.2, 0) is 6.54 Å². The Morgan fingerprint density at radius 2 is 1.68 bits per heavy atom. The van der Waals surface area contributed by atoms with Gasteiger partial charge in [-0.15, -0.1) is 11.3 Å². The number of thiazole rings is 1. The summed E-state index contributed by atoms with van der Waals surface area (Å²) in [5.74, 6) is 0.145. The number of aromatic nitrogens is 1. The normalized spacial score (nSPS) is 15.0. The van der Waals surface area contributed by atoms with E-state index in [4.69, 9.17) is 4.98 Å². The van der Waals surface area contributed by atoms with Gasteiger partial charge in [0.05, 0.1) is 5.69 Å². The van der Waals surface area contributed by atoms with Crippen molar-refractivity contribution < 1.29 is 4.79 Å². The number of amides is 1. The summed E-state index contributed by atoms with van der Waals surface area (Å²) in [6.45, 7) is 8.22. The first-order valence-corrected chi connectivity index (χ1v) is 10.6. The molecule has 5 heteroatoms. The van der Waals surface area contributed by atoms with Crippen molar-refractivity contribution in [3.8, 4) is 10.6 Å². The molecule has 0 spiro atoms. The first-order valence-electron chi connectivity index (χ1n) is 9.68. The number of carbonyl (C=O) groups excluding carboxylic acids is 1. The summed E-state index contributed by atoms with van der Waals surface area (Å²) in [6.07, 6.45) is 0. The van der Waals surface area contributed by atoms with Crippen molar-refractivity contribution in [2.24, 2.45) is 0 Å². The van der Waals surface area contributed by atoms with E-state index in [1.54, 1.807) is 11.3 Å². The molecule has 0 aliphatic carbocycles. The Balaban J connectivity index is 1.34. The van der Waals surface area contributed by atoms with Crippen LogP contribution in [0.3, 0.4) is 0 Å². The molecular weight excluding hydrogens is 366 g/mol. The molecule has 2 aromatic carbocycles. The highest BCUT2D eigenvalue weighted by molar-refractivity contribution is 7.13. The average molecular weight is 392 g/mol. The van der Waals surface area contributed by atoms with Crippen LogP contribution >= 0.6 is 11.3 Å². The van der Waals surface area contributed by atoms with Gasteiger partial charge >= 0.3 is 0 Å². The predicted molar refractivity (Wildman–Crippen MR) is 115 cm³/mol. The third-order valence-corrected chi connectivity index (χ3v) is 6.03. The Bertz CT molecular complexity index is 939. The van der Waals surface area contributed by atoms with Crippen LogP contribution in [0.1, 0.15) is 27.2 Å². The topological polar surface area (TPSA) is 36.4 Å². The minimum atomic E-state index is 0.145. The molecule has 3 aromatic rings. The zero-order valence-electron chi connectivity index (χ0n) is 16.4. The molecule has 28 heavy (non-hydrogen) atoms. The lowest BCUT2D eigenvalue weighted by atomic mass is 10.1. The van der Waals surface area contributed by atoms with Gasteiger partial charge in [-0.2, -0.15) is 0 Å². The van der Waals surface area contributed by atoms with E-state index in [0.717, 1.165) is 60.1 Å². The summed E-state index contributed by atoms with van der Waals surface area (Å²) in [6, 6.07) is 16.4. The lowest BCUT2D eigenvalue weighted by Gasteiger charge is -2.34. The fourth-order valence-electron chi connectivity index (χ4n) is 3.71. The summed E-state index contributed by atoms with van der Waals surface area (Å²) in [5, 5.41) is 3.22. The van der Waals surface area contributed by atoms with E-state index in [2.05, 4.69) is 28.5 Å². The first-order chi connectivity index (χ1) is 13.6. The van der Waals surface area contributed by atoms with E-state index in [1.165, 1.54) is 5.56 Å². The molecule has 0 atom stereocenters. The molecule has 2 heterocycles. The van der Waals surface area contributed by atoms with Crippen LogP contribution in [0.25, 0.3) is 10.6 Å². The Kier molecular flexibility index (Phi) is 5.55. The summed E-state index contributed by atoms with van der Waals surface area (Å²) >= 11 is 1.69. The van der Waals surface area contributed by atoms with E-state index in [1.807, 2.05) is 49.1 Å². The SMILES string of the molecule is Cc1cc(C)cc(C(=O)N2CCN(Cc3csc(-c4ccccc4)n3)CC2)c1. The number of benzene rings is 2. The monoisotopic (exact) mass is 391 g/mol. The molecule has 1 aliphatic rings. The lowest BCUT2D eigenvalue weighted by Crippen LogP contribution is -2.48. The Morgan fingerprint density at radius 3 is 2.36 bits per heavy atom. The smallest absolute Gasteiger partial charge is 0.253 e. The number of nitrogens with zero attached hydrogens (tertiary/aromatic N) is 3. The molecule has 1 saturated heterocycles. The number of hydrogen-bond acceptors (Lipinski definition) is 4.